The zero-order chi connectivity index (χ0) is 20.6. The molecule has 1 aromatic carbocycles. The van der Waals surface area contributed by atoms with Gasteiger partial charge in [-0.25, -0.2) is 9.78 Å². The van der Waals surface area contributed by atoms with E-state index >= 15 is 0 Å². The number of urea groups is 1. The van der Waals surface area contributed by atoms with Gasteiger partial charge in [-0.1, -0.05) is 12.1 Å². The maximum atomic E-state index is 12.6. The number of nitriles is 1. The molecule has 3 rings (SSSR count). The normalized spacial score (nSPS) is 13.9. The van der Waals surface area contributed by atoms with Gasteiger partial charge in [-0.3, -0.25) is 4.79 Å². The van der Waals surface area contributed by atoms with E-state index in [1.807, 2.05) is 6.07 Å². The molecule has 0 saturated carbocycles. The van der Waals surface area contributed by atoms with Crippen LogP contribution in [0.1, 0.15) is 27.9 Å². The Morgan fingerprint density at radius 3 is 2.83 bits per heavy atom. The predicted octanol–water partition coefficient (Wildman–Crippen LogP) is 1.73. The predicted molar refractivity (Wildman–Crippen MR) is 109 cm³/mol. The van der Waals surface area contributed by atoms with Crippen LogP contribution in [-0.4, -0.2) is 55.0 Å². The first-order valence-electron chi connectivity index (χ1n) is 9.56. The van der Waals surface area contributed by atoms with Crippen molar-refractivity contribution in [1.29, 1.82) is 5.26 Å². The third-order valence-electron chi connectivity index (χ3n) is 4.85. The molecule has 8 heteroatoms. The van der Waals surface area contributed by atoms with Crippen LogP contribution in [0.25, 0.3) is 0 Å². The summed E-state index contributed by atoms with van der Waals surface area (Å²) >= 11 is 0. The zero-order valence-electron chi connectivity index (χ0n) is 16.4. The molecule has 0 atom stereocenters. The molecule has 1 aliphatic heterocycles. The molecule has 0 bridgehead atoms. The van der Waals surface area contributed by atoms with Gasteiger partial charge in [-0.05, 0) is 36.2 Å². The molecular formula is C21H24N6O2. The highest BCUT2D eigenvalue weighted by atomic mass is 16.2. The topological polar surface area (TPSA) is 101 Å². The van der Waals surface area contributed by atoms with E-state index in [9.17, 15) is 14.9 Å². The van der Waals surface area contributed by atoms with E-state index in [1.165, 1.54) is 0 Å². The molecule has 0 radical (unpaired) electrons. The second-order valence-corrected chi connectivity index (χ2v) is 6.75. The molecule has 1 fully saturated rings. The lowest BCUT2D eigenvalue weighted by atomic mass is 10.1. The summed E-state index contributed by atoms with van der Waals surface area (Å²) in [6.07, 6.45) is 2.47. The summed E-state index contributed by atoms with van der Waals surface area (Å²) in [7, 11) is 1.59. The number of carbonyl (C=O) groups is 2. The fourth-order valence-corrected chi connectivity index (χ4v) is 3.32. The number of hydrogen-bond acceptors (Lipinski definition) is 5. The van der Waals surface area contributed by atoms with Crippen LogP contribution in [0.3, 0.4) is 0 Å². The maximum Gasteiger partial charge on any atom is 0.317 e. The van der Waals surface area contributed by atoms with Crippen LogP contribution in [0.5, 0.6) is 0 Å². The third kappa shape index (κ3) is 5.02. The van der Waals surface area contributed by atoms with Gasteiger partial charge < -0.3 is 20.4 Å². The summed E-state index contributed by atoms with van der Waals surface area (Å²) in [5.74, 6) is 0.514. The second kappa shape index (κ2) is 9.55. The summed E-state index contributed by atoms with van der Waals surface area (Å²) in [4.78, 5) is 32.5. The number of hydrogen-bond donors (Lipinski definition) is 2. The largest absolute Gasteiger partial charge is 0.355 e. The maximum absolute atomic E-state index is 12.6. The van der Waals surface area contributed by atoms with Crippen LogP contribution in [0.4, 0.5) is 10.6 Å². The Kier molecular flexibility index (Phi) is 6.63. The van der Waals surface area contributed by atoms with Crippen LogP contribution in [0.2, 0.25) is 0 Å². The molecule has 2 heterocycles. The first kappa shape index (κ1) is 20.1. The number of carbonyl (C=O) groups excluding carboxylic acids is 2. The quantitative estimate of drug-likeness (QED) is 0.825. The van der Waals surface area contributed by atoms with E-state index in [-0.39, 0.29) is 11.9 Å². The summed E-state index contributed by atoms with van der Waals surface area (Å²) < 4.78 is 0. The van der Waals surface area contributed by atoms with E-state index < -0.39 is 0 Å². The van der Waals surface area contributed by atoms with Crippen molar-refractivity contribution in [3.05, 3.63) is 59.3 Å². The highest BCUT2D eigenvalue weighted by Gasteiger charge is 2.21. The standard InChI is InChI=1S/C21H24N6O2/c1-23-20(28)17-6-2-5-16(13-17)15-25-21(29)27-10-4-9-26(11-12-27)19-18(14-22)7-3-8-24-19/h2-3,5-8,13H,4,9-12,15H2,1H3,(H,23,28)(H,25,29). The zero-order valence-corrected chi connectivity index (χ0v) is 16.4. The lowest BCUT2D eigenvalue weighted by Crippen LogP contribution is -2.41. The molecule has 3 amide bonds. The minimum Gasteiger partial charge on any atom is -0.355 e. The minimum atomic E-state index is -0.156. The van der Waals surface area contributed by atoms with Crippen LogP contribution >= 0.6 is 0 Å². The van der Waals surface area contributed by atoms with E-state index in [0.29, 0.717) is 43.1 Å². The van der Waals surface area contributed by atoms with E-state index in [2.05, 4.69) is 26.6 Å². The van der Waals surface area contributed by atoms with Crippen molar-refractivity contribution in [3.8, 4) is 6.07 Å². The van der Waals surface area contributed by atoms with Gasteiger partial charge in [0.2, 0.25) is 0 Å². The SMILES string of the molecule is CNC(=O)c1cccc(CNC(=O)N2CCCN(c3ncccc3C#N)CC2)c1. The number of amides is 3. The number of pyridine rings is 1. The van der Waals surface area contributed by atoms with Crippen LogP contribution in [0, 0.1) is 11.3 Å². The fourth-order valence-electron chi connectivity index (χ4n) is 3.32. The van der Waals surface area contributed by atoms with E-state index in [1.54, 1.807) is 48.5 Å². The number of aromatic nitrogens is 1. The Hall–Kier alpha value is -3.60. The van der Waals surface area contributed by atoms with Crippen molar-refractivity contribution in [1.82, 2.24) is 20.5 Å². The number of nitrogens with zero attached hydrogens (tertiary/aromatic N) is 4. The average Bonchev–Trinajstić information content (AvgIpc) is 3.03. The molecular weight excluding hydrogens is 368 g/mol. The minimum absolute atomic E-state index is 0.140. The van der Waals surface area contributed by atoms with E-state index in [4.69, 9.17) is 0 Å². The van der Waals surface area contributed by atoms with E-state index in [0.717, 1.165) is 18.5 Å². The van der Waals surface area contributed by atoms with Crippen molar-refractivity contribution in [3.63, 3.8) is 0 Å². The summed E-state index contributed by atoms with van der Waals surface area (Å²) in [6, 6.07) is 12.7. The van der Waals surface area contributed by atoms with Gasteiger partial charge in [0, 0.05) is 51.5 Å². The number of benzene rings is 1. The Morgan fingerprint density at radius 1 is 1.17 bits per heavy atom. The Bertz CT molecular complexity index is 923. The second-order valence-electron chi connectivity index (χ2n) is 6.75. The average molecular weight is 392 g/mol. The number of anilines is 1. The van der Waals surface area contributed by atoms with Gasteiger partial charge in [0.15, 0.2) is 0 Å². The van der Waals surface area contributed by atoms with Gasteiger partial charge in [-0.15, -0.1) is 0 Å². The molecule has 1 saturated heterocycles. The van der Waals surface area contributed by atoms with Crippen LogP contribution in [0.15, 0.2) is 42.6 Å². The van der Waals surface area contributed by atoms with Crippen LogP contribution < -0.4 is 15.5 Å². The highest BCUT2D eigenvalue weighted by molar-refractivity contribution is 5.94. The van der Waals surface area contributed by atoms with Crippen molar-refractivity contribution < 1.29 is 9.59 Å². The molecule has 0 aliphatic carbocycles. The monoisotopic (exact) mass is 392 g/mol. The highest BCUT2D eigenvalue weighted by Crippen LogP contribution is 2.18. The molecule has 1 aliphatic rings. The lowest BCUT2D eigenvalue weighted by Gasteiger charge is -2.23. The first-order chi connectivity index (χ1) is 14.1. The number of nitrogens with one attached hydrogen (secondary N) is 2. The summed E-state index contributed by atoms with van der Waals surface area (Å²) in [5, 5.41) is 14.8. The van der Waals surface area contributed by atoms with Crippen molar-refractivity contribution in [2.75, 3.05) is 38.1 Å². The van der Waals surface area contributed by atoms with Gasteiger partial charge >= 0.3 is 6.03 Å². The molecule has 8 nitrogen and oxygen atoms in total. The van der Waals surface area contributed by atoms with Gasteiger partial charge in [-0.2, -0.15) is 5.26 Å². The summed E-state index contributed by atoms with van der Waals surface area (Å²) in [6.45, 7) is 2.89. The third-order valence-corrected chi connectivity index (χ3v) is 4.85. The Balaban J connectivity index is 1.57. The fraction of sp³-hybridized carbons (Fsp3) is 0.333. The molecule has 0 unspecified atom stereocenters. The van der Waals surface area contributed by atoms with Crippen molar-refractivity contribution in [2.24, 2.45) is 0 Å². The molecule has 150 valence electrons. The molecule has 2 aromatic rings. The lowest BCUT2D eigenvalue weighted by molar-refractivity contribution is 0.0963. The van der Waals surface area contributed by atoms with Crippen molar-refractivity contribution >= 4 is 17.8 Å². The first-order valence-corrected chi connectivity index (χ1v) is 9.56. The molecule has 1 aromatic heterocycles. The summed E-state index contributed by atoms with van der Waals surface area (Å²) in [5.41, 5.74) is 1.97. The molecule has 0 spiro atoms. The van der Waals surface area contributed by atoms with Gasteiger partial charge in [0.1, 0.15) is 11.9 Å². The molecule has 29 heavy (non-hydrogen) atoms. The smallest absolute Gasteiger partial charge is 0.317 e. The van der Waals surface area contributed by atoms with Crippen molar-refractivity contribution in [2.45, 2.75) is 13.0 Å². The Labute approximate surface area is 170 Å². The molecule has 2 N–H and O–H groups in total. The van der Waals surface area contributed by atoms with Gasteiger partial charge in [0.25, 0.3) is 5.91 Å². The van der Waals surface area contributed by atoms with Crippen LogP contribution in [-0.2, 0) is 6.54 Å². The Morgan fingerprint density at radius 2 is 2.03 bits per heavy atom. The number of rotatable bonds is 4. The van der Waals surface area contributed by atoms with Gasteiger partial charge in [0.05, 0.1) is 5.56 Å².